The minimum absolute atomic E-state index is 0.722. The summed E-state index contributed by atoms with van der Waals surface area (Å²) in [6.07, 6.45) is 13.2. The molecule has 1 saturated carbocycles. The number of unbranched alkanes of at least 4 members (excludes halogenated alkanes) is 3. The summed E-state index contributed by atoms with van der Waals surface area (Å²) in [4.78, 5) is 5.17. The SMILES string of the molecule is CCCCCCc1ccc(-c2cccc(-c3nc4ccc(-c5cccc(C6CCCCC6)c5)cc4cc3C)c2)cc1. The van der Waals surface area contributed by atoms with Gasteiger partial charge in [0, 0.05) is 10.9 Å². The monoisotopic (exact) mass is 537 g/mol. The summed E-state index contributed by atoms with van der Waals surface area (Å²) in [5, 5.41) is 1.21. The van der Waals surface area contributed by atoms with Crippen molar-refractivity contribution in [2.24, 2.45) is 0 Å². The van der Waals surface area contributed by atoms with Crippen molar-refractivity contribution in [3.63, 3.8) is 0 Å². The van der Waals surface area contributed by atoms with Crippen LogP contribution in [0.5, 0.6) is 0 Å². The molecule has 0 atom stereocenters. The molecule has 208 valence electrons. The van der Waals surface area contributed by atoms with Crippen molar-refractivity contribution in [2.75, 3.05) is 0 Å². The van der Waals surface area contributed by atoms with Gasteiger partial charge in [-0.25, -0.2) is 4.98 Å². The van der Waals surface area contributed by atoms with Crippen LogP contribution in [0.1, 0.15) is 87.3 Å². The number of fused-ring (bicyclic) bond motifs is 1. The Labute approximate surface area is 246 Å². The van der Waals surface area contributed by atoms with Gasteiger partial charge in [0.2, 0.25) is 0 Å². The second-order valence-corrected chi connectivity index (χ2v) is 12.1. The quantitative estimate of drug-likeness (QED) is 0.170. The normalized spacial score (nSPS) is 14.0. The molecular weight excluding hydrogens is 494 g/mol. The van der Waals surface area contributed by atoms with Crippen LogP contribution in [0.15, 0.2) is 97.1 Å². The third kappa shape index (κ3) is 6.46. The minimum Gasteiger partial charge on any atom is -0.248 e. The molecule has 0 amide bonds. The Morgan fingerprint density at radius 1 is 0.634 bits per heavy atom. The van der Waals surface area contributed by atoms with Crippen LogP contribution in [0.3, 0.4) is 0 Å². The van der Waals surface area contributed by atoms with E-state index in [1.54, 1.807) is 0 Å². The highest BCUT2D eigenvalue weighted by Gasteiger charge is 2.16. The van der Waals surface area contributed by atoms with E-state index in [4.69, 9.17) is 4.98 Å². The van der Waals surface area contributed by atoms with Gasteiger partial charge in [0.15, 0.2) is 0 Å². The minimum atomic E-state index is 0.722. The molecule has 1 heterocycles. The first-order chi connectivity index (χ1) is 20.2. The summed E-state index contributed by atoms with van der Waals surface area (Å²) >= 11 is 0. The molecule has 0 radical (unpaired) electrons. The van der Waals surface area contributed by atoms with Crippen LogP contribution in [-0.2, 0) is 6.42 Å². The Morgan fingerprint density at radius 2 is 1.34 bits per heavy atom. The average Bonchev–Trinajstić information content (AvgIpc) is 3.03. The first-order valence-corrected chi connectivity index (χ1v) is 15.9. The lowest BCUT2D eigenvalue weighted by Crippen LogP contribution is -2.04. The van der Waals surface area contributed by atoms with Crippen molar-refractivity contribution < 1.29 is 0 Å². The molecule has 1 aliphatic carbocycles. The van der Waals surface area contributed by atoms with Gasteiger partial charge in [-0.2, -0.15) is 0 Å². The molecule has 41 heavy (non-hydrogen) atoms. The fourth-order valence-electron chi connectivity index (χ4n) is 6.63. The molecule has 0 unspecified atom stereocenters. The number of pyridine rings is 1. The Hall–Kier alpha value is -3.71. The first-order valence-electron chi connectivity index (χ1n) is 15.9. The van der Waals surface area contributed by atoms with E-state index in [1.807, 2.05) is 0 Å². The van der Waals surface area contributed by atoms with E-state index < -0.39 is 0 Å². The Balaban J connectivity index is 1.24. The fourth-order valence-corrected chi connectivity index (χ4v) is 6.63. The van der Waals surface area contributed by atoms with Gasteiger partial charge in [0.05, 0.1) is 11.2 Å². The Morgan fingerprint density at radius 3 is 2.15 bits per heavy atom. The summed E-state index contributed by atoms with van der Waals surface area (Å²) in [6.45, 7) is 4.46. The van der Waals surface area contributed by atoms with Gasteiger partial charge in [0.25, 0.3) is 0 Å². The predicted octanol–water partition coefficient (Wildman–Crippen LogP) is 11.7. The van der Waals surface area contributed by atoms with Crippen molar-refractivity contribution in [1.82, 2.24) is 4.98 Å². The second-order valence-electron chi connectivity index (χ2n) is 12.1. The molecule has 1 nitrogen and oxygen atoms in total. The second kappa shape index (κ2) is 12.9. The van der Waals surface area contributed by atoms with Gasteiger partial charge < -0.3 is 0 Å². The third-order valence-electron chi connectivity index (χ3n) is 9.04. The predicted molar refractivity (Wildman–Crippen MR) is 176 cm³/mol. The van der Waals surface area contributed by atoms with Crippen molar-refractivity contribution in [3.05, 3.63) is 114 Å². The number of nitrogens with zero attached hydrogens (tertiary/aromatic N) is 1. The van der Waals surface area contributed by atoms with Crippen molar-refractivity contribution >= 4 is 10.9 Å². The summed E-state index contributed by atoms with van der Waals surface area (Å²) in [5.74, 6) is 0.722. The smallest absolute Gasteiger partial charge is 0.0739 e. The maximum atomic E-state index is 5.17. The summed E-state index contributed by atoms with van der Waals surface area (Å²) in [5.41, 5.74) is 12.6. The van der Waals surface area contributed by atoms with Crippen molar-refractivity contribution in [2.45, 2.75) is 84.0 Å². The molecule has 1 aromatic heterocycles. The van der Waals surface area contributed by atoms with E-state index in [1.165, 1.54) is 114 Å². The fraction of sp³-hybridized carbons (Fsp3) is 0.325. The lowest BCUT2D eigenvalue weighted by atomic mass is 9.83. The molecule has 6 rings (SSSR count). The summed E-state index contributed by atoms with van der Waals surface area (Å²) < 4.78 is 0. The average molecular weight is 538 g/mol. The number of aryl methyl sites for hydroxylation is 2. The van der Waals surface area contributed by atoms with Crippen LogP contribution in [0.25, 0.3) is 44.4 Å². The van der Waals surface area contributed by atoms with Crippen LogP contribution in [0.2, 0.25) is 0 Å². The zero-order chi connectivity index (χ0) is 28.0. The van der Waals surface area contributed by atoms with E-state index in [9.17, 15) is 0 Å². The number of aromatic nitrogens is 1. The number of rotatable bonds is 9. The highest BCUT2D eigenvalue weighted by molar-refractivity contribution is 5.88. The number of benzene rings is 4. The first kappa shape index (κ1) is 27.5. The molecule has 1 heteroatoms. The maximum absolute atomic E-state index is 5.17. The van der Waals surface area contributed by atoms with Gasteiger partial charge in [0.1, 0.15) is 0 Å². The molecule has 5 aromatic rings. The van der Waals surface area contributed by atoms with Crippen LogP contribution in [0, 0.1) is 6.92 Å². The largest absolute Gasteiger partial charge is 0.248 e. The molecule has 0 bridgehead atoms. The molecule has 4 aromatic carbocycles. The number of hydrogen-bond donors (Lipinski definition) is 0. The van der Waals surface area contributed by atoms with Crippen LogP contribution >= 0.6 is 0 Å². The van der Waals surface area contributed by atoms with E-state index in [0.29, 0.717) is 0 Å². The van der Waals surface area contributed by atoms with E-state index in [-0.39, 0.29) is 0 Å². The topological polar surface area (TPSA) is 12.9 Å². The van der Waals surface area contributed by atoms with Crippen LogP contribution in [0.4, 0.5) is 0 Å². The Kier molecular flexibility index (Phi) is 8.61. The standard InChI is InChI=1S/C40H43N/c1-3-4-5-7-12-30-19-21-32(22-20-30)34-16-11-18-37(27-34)40-29(2)25-38-28-36(23-24-39(38)41-40)35-17-10-15-33(26-35)31-13-8-6-9-14-31/h10-11,15-28,31H,3-9,12-14H2,1-2H3. The van der Waals surface area contributed by atoms with Gasteiger partial charge in [-0.3, -0.25) is 0 Å². The molecule has 1 aliphatic rings. The van der Waals surface area contributed by atoms with E-state index in [0.717, 1.165) is 17.1 Å². The maximum Gasteiger partial charge on any atom is 0.0739 e. The number of hydrogen-bond acceptors (Lipinski definition) is 1. The van der Waals surface area contributed by atoms with Crippen molar-refractivity contribution in [3.8, 4) is 33.5 Å². The molecular formula is C40H43N. The molecule has 0 N–H and O–H groups in total. The highest BCUT2D eigenvalue weighted by Crippen LogP contribution is 2.35. The molecule has 0 aliphatic heterocycles. The molecule has 0 spiro atoms. The van der Waals surface area contributed by atoms with Gasteiger partial charge >= 0.3 is 0 Å². The van der Waals surface area contributed by atoms with Crippen molar-refractivity contribution in [1.29, 1.82) is 0 Å². The van der Waals surface area contributed by atoms with E-state index >= 15 is 0 Å². The van der Waals surface area contributed by atoms with Crippen LogP contribution < -0.4 is 0 Å². The highest BCUT2D eigenvalue weighted by atomic mass is 14.7. The van der Waals surface area contributed by atoms with Gasteiger partial charge in [-0.15, -0.1) is 0 Å². The zero-order valence-corrected chi connectivity index (χ0v) is 24.8. The molecule has 0 saturated heterocycles. The zero-order valence-electron chi connectivity index (χ0n) is 24.8. The van der Waals surface area contributed by atoms with Gasteiger partial charge in [-0.05, 0) is 102 Å². The summed E-state index contributed by atoms with van der Waals surface area (Å²) in [6, 6.07) is 36.3. The lowest BCUT2D eigenvalue weighted by Gasteiger charge is -2.22. The van der Waals surface area contributed by atoms with Crippen LogP contribution in [-0.4, -0.2) is 4.98 Å². The van der Waals surface area contributed by atoms with Gasteiger partial charge in [-0.1, -0.05) is 118 Å². The molecule has 1 fully saturated rings. The lowest BCUT2D eigenvalue weighted by molar-refractivity contribution is 0.444. The Bertz CT molecular complexity index is 1600. The third-order valence-corrected chi connectivity index (χ3v) is 9.04. The van der Waals surface area contributed by atoms with E-state index in [2.05, 4.69) is 111 Å². The summed E-state index contributed by atoms with van der Waals surface area (Å²) in [7, 11) is 0.